The first-order chi connectivity index (χ1) is 33.2. The molecule has 0 aliphatic carbocycles. The fourth-order valence-electron chi connectivity index (χ4n) is 9.21. The predicted octanol–water partition coefficient (Wildman–Crippen LogP) is 17.4. The van der Waals surface area contributed by atoms with E-state index in [9.17, 15) is 0 Å². The van der Waals surface area contributed by atoms with Crippen LogP contribution in [0, 0.1) is 0 Å². The SMILES string of the molecule is C(/C=C/c1ccc(N(c2cccc(-c3ccncc3)c2)c2ccc(C=C(c3ccc4ccccc4c3)c3ccc4ccccc4c3)c3ccccc23)cc1)=C(c1ccccc1)c1ccccc1. The lowest BCUT2D eigenvalue weighted by molar-refractivity contribution is 1.29. The van der Waals surface area contributed by atoms with E-state index < -0.39 is 0 Å². The second-order valence-electron chi connectivity index (χ2n) is 16.8. The molecule has 67 heavy (non-hydrogen) atoms. The van der Waals surface area contributed by atoms with E-state index in [0.29, 0.717) is 0 Å². The van der Waals surface area contributed by atoms with Gasteiger partial charge in [0, 0.05) is 29.2 Å². The molecule has 1 heterocycles. The summed E-state index contributed by atoms with van der Waals surface area (Å²) in [7, 11) is 0. The highest BCUT2D eigenvalue weighted by Crippen LogP contribution is 2.42. The third-order valence-corrected chi connectivity index (χ3v) is 12.6. The number of fused-ring (bicyclic) bond motifs is 3. The summed E-state index contributed by atoms with van der Waals surface area (Å²) in [5, 5.41) is 7.23. The number of aromatic nitrogens is 1. The highest BCUT2D eigenvalue weighted by molar-refractivity contribution is 6.07. The van der Waals surface area contributed by atoms with Crippen molar-refractivity contribution >= 4 is 72.7 Å². The summed E-state index contributed by atoms with van der Waals surface area (Å²) >= 11 is 0. The molecule has 0 spiro atoms. The molecule has 0 fully saturated rings. The Morgan fingerprint density at radius 1 is 0.373 bits per heavy atom. The van der Waals surface area contributed by atoms with Crippen molar-refractivity contribution in [2.24, 2.45) is 0 Å². The molecule has 1 aromatic heterocycles. The molecule has 0 aliphatic rings. The summed E-state index contributed by atoms with van der Waals surface area (Å²) in [6.45, 7) is 0. The number of pyridine rings is 1. The zero-order chi connectivity index (χ0) is 44.8. The Morgan fingerprint density at radius 2 is 0.955 bits per heavy atom. The van der Waals surface area contributed by atoms with Crippen molar-refractivity contribution in [2.75, 3.05) is 4.90 Å². The average Bonchev–Trinajstić information content (AvgIpc) is 3.40. The summed E-state index contributed by atoms with van der Waals surface area (Å²) in [6.07, 6.45) is 12.6. The second kappa shape index (κ2) is 18.7. The fourth-order valence-corrected chi connectivity index (χ4v) is 9.21. The molecule has 2 nitrogen and oxygen atoms in total. The van der Waals surface area contributed by atoms with Gasteiger partial charge in [-0.05, 0) is 143 Å². The minimum atomic E-state index is 1.07. The minimum Gasteiger partial charge on any atom is -0.310 e. The van der Waals surface area contributed by atoms with E-state index >= 15 is 0 Å². The maximum absolute atomic E-state index is 4.30. The van der Waals surface area contributed by atoms with Gasteiger partial charge in [0.1, 0.15) is 0 Å². The number of allylic oxidation sites excluding steroid dienone is 2. The Hall–Kier alpha value is -8.85. The molecule has 0 atom stereocenters. The van der Waals surface area contributed by atoms with Crippen molar-refractivity contribution in [2.45, 2.75) is 0 Å². The Bertz CT molecular complexity index is 3480. The summed E-state index contributed by atoms with van der Waals surface area (Å²) in [5.41, 5.74) is 14.8. The largest absolute Gasteiger partial charge is 0.310 e. The minimum absolute atomic E-state index is 1.07. The first-order valence-electron chi connectivity index (χ1n) is 22.8. The van der Waals surface area contributed by atoms with Crippen LogP contribution in [0.4, 0.5) is 17.1 Å². The molecule has 2 heteroatoms. The molecule has 0 unspecified atom stereocenters. The quantitative estimate of drug-likeness (QED) is 0.0952. The number of hydrogen-bond acceptors (Lipinski definition) is 2. The molecule has 11 aromatic rings. The van der Waals surface area contributed by atoms with E-state index in [0.717, 1.165) is 44.7 Å². The van der Waals surface area contributed by atoms with Crippen molar-refractivity contribution in [1.82, 2.24) is 4.98 Å². The summed E-state index contributed by atoms with van der Waals surface area (Å²) < 4.78 is 0. The van der Waals surface area contributed by atoms with Crippen molar-refractivity contribution in [3.05, 3.63) is 301 Å². The summed E-state index contributed by atoms with van der Waals surface area (Å²) in [6, 6.07) is 87.3. The lowest BCUT2D eigenvalue weighted by atomic mass is 9.91. The summed E-state index contributed by atoms with van der Waals surface area (Å²) in [5.74, 6) is 0. The third kappa shape index (κ3) is 8.72. The fraction of sp³-hybridized carbons (Fsp3) is 0. The molecule has 0 saturated heterocycles. The maximum Gasteiger partial charge on any atom is 0.0540 e. The zero-order valence-electron chi connectivity index (χ0n) is 37.0. The van der Waals surface area contributed by atoms with E-state index in [-0.39, 0.29) is 0 Å². The van der Waals surface area contributed by atoms with Crippen molar-refractivity contribution in [1.29, 1.82) is 0 Å². The molecule has 0 aliphatic heterocycles. The highest BCUT2D eigenvalue weighted by Gasteiger charge is 2.18. The van der Waals surface area contributed by atoms with Crippen LogP contribution in [0.2, 0.25) is 0 Å². The van der Waals surface area contributed by atoms with Crippen molar-refractivity contribution in [3.8, 4) is 11.1 Å². The van der Waals surface area contributed by atoms with Gasteiger partial charge in [0.05, 0.1) is 5.69 Å². The number of nitrogens with zero attached hydrogens (tertiary/aromatic N) is 2. The first-order valence-corrected chi connectivity index (χ1v) is 22.8. The highest BCUT2D eigenvalue weighted by atomic mass is 15.1. The predicted molar refractivity (Wildman–Crippen MR) is 286 cm³/mol. The Balaban J connectivity index is 1.03. The van der Waals surface area contributed by atoms with E-state index in [1.54, 1.807) is 0 Å². The zero-order valence-corrected chi connectivity index (χ0v) is 37.0. The second-order valence-corrected chi connectivity index (χ2v) is 16.8. The lowest BCUT2D eigenvalue weighted by Crippen LogP contribution is -2.11. The lowest BCUT2D eigenvalue weighted by Gasteiger charge is -2.28. The van der Waals surface area contributed by atoms with Gasteiger partial charge >= 0.3 is 0 Å². The van der Waals surface area contributed by atoms with Gasteiger partial charge in [-0.1, -0.05) is 206 Å². The normalized spacial score (nSPS) is 11.2. The van der Waals surface area contributed by atoms with Crippen LogP contribution in [0.3, 0.4) is 0 Å². The number of hydrogen-bond donors (Lipinski definition) is 0. The average molecular weight is 855 g/mol. The number of rotatable bonds is 11. The Morgan fingerprint density at radius 3 is 1.60 bits per heavy atom. The molecule has 0 bridgehead atoms. The molecule has 0 saturated carbocycles. The number of anilines is 3. The van der Waals surface area contributed by atoms with Crippen molar-refractivity contribution < 1.29 is 0 Å². The van der Waals surface area contributed by atoms with Crippen LogP contribution in [-0.2, 0) is 0 Å². The van der Waals surface area contributed by atoms with Gasteiger partial charge in [-0.25, -0.2) is 0 Å². The van der Waals surface area contributed by atoms with E-state index in [2.05, 4.69) is 277 Å². The van der Waals surface area contributed by atoms with E-state index in [4.69, 9.17) is 0 Å². The van der Waals surface area contributed by atoms with Gasteiger partial charge in [-0.2, -0.15) is 0 Å². The smallest absolute Gasteiger partial charge is 0.0540 e. The van der Waals surface area contributed by atoms with Crippen LogP contribution in [0.15, 0.2) is 267 Å². The molecular formula is C65H46N2. The van der Waals surface area contributed by atoms with Crippen LogP contribution < -0.4 is 4.90 Å². The Kier molecular flexibility index (Phi) is 11.4. The van der Waals surface area contributed by atoms with E-state index in [1.807, 2.05) is 12.4 Å². The topological polar surface area (TPSA) is 16.1 Å². The summed E-state index contributed by atoms with van der Waals surface area (Å²) in [4.78, 5) is 6.69. The molecule has 0 amide bonds. The number of benzene rings is 10. The Labute approximate surface area is 392 Å². The monoisotopic (exact) mass is 854 g/mol. The molecule has 10 aromatic carbocycles. The van der Waals surface area contributed by atoms with Crippen LogP contribution in [-0.4, -0.2) is 4.98 Å². The van der Waals surface area contributed by atoms with Crippen molar-refractivity contribution in [3.63, 3.8) is 0 Å². The van der Waals surface area contributed by atoms with Gasteiger partial charge < -0.3 is 4.90 Å². The first kappa shape index (κ1) is 40.9. The van der Waals surface area contributed by atoms with Crippen LogP contribution in [0.5, 0.6) is 0 Å². The maximum atomic E-state index is 4.30. The third-order valence-electron chi connectivity index (χ3n) is 12.6. The van der Waals surface area contributed by atoms with Gasteiger partial charge in [-0.15, -0.1) is 0 Å². The van der Waals surface area contributed by atoms with Crippen LogP contribution in [0.25, 0.3) is 66.7 Å². The molecule has 11 rings (SSSR count). The van der Waals surface area contributed by atoms with Crippen LogP contribution >= 0.6 is 0 Å². The van der Waals surface area contributed by atoms with Gasteiger partial charge in [-0.3, -0.25) is 4.98 Å². The van der Waals surface area contributed by atoms with Crippen LogP contribution in [0.1, 0.15) is 33.4 Å². The standard InChI is InChI=1S/C65H46N2/c1-3-18-51(19-4-1)61(52-20-5-2-6-21-52)28-13-15-47-29-36-59(37-30-47)67(60-25-14-24-55(45-60)50-39-41-66-42-40-50)65-38-35-58(62-26-11-12-27-63(62)65)46-64(56-33-31-48-16-7-9-22-53(48)43-56)57-34-32-49-17-8-10-23-54(49)44-57/h1-46H/b15-13+. The van der Waals surface area contributed by atoms with Gasteiger partial charge in [0.2, 0.25) is 0 Å². The molecule has 316 valence electrons. The van der Waals surface area contributed by atoms with Gasteiger partial charge in [0.25, 0.3) is 0 Å². The van der Waals surface area contributed by atoms with E-state index in [1.165, 1.54) is 60.3 Å². The molecule has 0 N–H and O–H groups in total. The molecule has 0 radical (unpaired) electrons. The molecular weight excluding hydrogens is 809 g/mol. The van der Waals surface area contributed by atoms with Gasteiger partial charge in [0.15, 0.2) is 0 Å².